The first kappa shape index (κ1) is 13.4. The number of nitrogens with zero attached hydrogens (tertiary/aromatic N) is 3. The van der Waals surface area contributed by atoms with Gasteiger partial charge in [-0.3, -0.25) is 4.90 Å². The van der Waals surface area contributed by atoms with Crippen molar-refractivity contribution in [3.63, 3.8) is 0 Å². The van der Waals surface area contributed by atoms with Crippen LogP contribution in [0.2, 0.25) is 0 Å². The van der Waals surface area contributed by atoms with Gasteiger partial charge in [-0.15, -0.1) is 0 Å². The predicted octanol–water partition coefficient (Wildman–Crippen LogP) is 0.677. The zero-order chi connectivity index (χ0) is 12.0. The van der Waals surface area contributed by atoms with Crippen LogP contribution in [-0.4, -0.2) is 60.8 Å². The molecule has 4 nitrogen and oxygen atoms in total. The highest BCUT2D eigenvalue weighted by molar-refractivity contribution is 4.86. The second kappa shape index (κ2) is 6.85. The van der Waals surface area contributed by atoms with Crippen LogP contribution in [0, 0.1) is 11.3 Å². The molecule has 0 aliphatic carbocycles. The lowest BCUT2D eigenvalue weighted by atomic mass is 10.2. The van der Waals surface area contributed by atoms with Crippen molar-refractivity contribution in [3.8, 4) is 6.07 Å². The smallest absolute Gasteiger partial charge is 0.0682 e. The molecule has 0 aromatic rings. The lowest BCUT2D eigenvalue weighted by molar-refractivity contribution is 0.171. The first-order valence-corrected chi connectivity index (χ1v) is 6.07. The van der Waals surface area contributed by atoms with E-state index >= 15 is 0 Å². The van der Waals surface area contributed by atoms with Gasteiger partial charge in [0.15, 0.2) is 0 Å². The number of aliphatic hydroxyl groups is 1. The molecule has 2 atom stereocenters. The minimum Gasteiger partial charge on any atom is -0.392 e. The number of likely N-dealkylation sites (N-methyl/N-ethyl adjacent to an activating group) is 1. The molecule has 1 N–H and O–H groups in total. The van der Waals surface area contributed by atoms with Gasteiger partial charge in [0.2, 0.25) is 0 Å². The maximum absolute atomic E-state index is 9.67. The first-order chi connectivity index (χ1) is 7.63. The number of rotatable bonds is 6. The van der Waals surface area contributed by atoms with E-state index in [4.69, 9.17) is 5.26 Å². The fraction of sp³-hybridized carbons (Fsp3) is 0.917. The van der Waals surface area contributed by atoms with Crippen molar-refractivity contribution in [2.24, 2.45) is 0 Å². The molecule has 1 rings (SSSR count). The molecule has 16 heavy (non-hydrogen) atoms. The van der Waals surface area contributed by atoms with Gasteiger partial charge in [-0.25, -0.2) is 0 Å². The molecule has 1 aliphatic rings. The summed E-state index contributed by atoms with van der Waals surface area (Å²) in [5, 5.41) is 18.1. The average molecular weight is 225 g/mol. The van der Waals surface area contributed by atoms with Crippen LogP contribution in [0.3, 0.4) is 0 Å². The Hall–Kier alpha value is -0.630. The monoisotopic (exact) mass is 225 g/mol. The highest BCUT2D eigenvalue weighted by atomic mass is 16.3. The molecule has 2 unspecified atom stereocenters. The summed E-state index contributed by atoms with van der Waals surface area (Å²) in [6.07, 6.45) is 3.40. The molecule has 92 valence electrons. The third-order valence-corrected chi connectivity index (χ3v) is 3.07. The van der Waals surface area contributed by atoms with Crippen molar-refractivity contribution in [2.45, 2.75) is 37.8 Å². The minimum absolute atomic E-state index is 0.166. The van der Waals surface area contributed by atoms with Crippen molar-refractivity contribution in [1.29, 1.82) is 5.26 Å². The maximum Gasteiger partial charge on any atom is 0.0682 e. The topological polar surface area (TPSA) is 50.5 Å². The summed E-state index contributed by atoms with van der Waals surface area (Å²) in [5.74, 6) is 0. The first-order valence-electron chi connectivity index (χ1n) is 6.07. The van der Waals surface area contributed by atoms with Crippen LogP contribution in [0.5, 0.6) is 0 Å². The van der Waals surface area contributed by atoms with Gasteiger partial charge in [-0.1, -0.05) is 0 Å². The van der Waals surface area contributed by atoms with Crippen LogP contribution in [-0.2, 0) is 0 Å². The number of likely N-dealkylation sites (tertiary alicyclic amines) is 1. The molecule has 0 spiro atoms. The number of aliphatic hydroxyl groups excluding tert-OH is 1. The molecule has 0 bridgehead atoms. The summed E-state index contributed by atoms with van der Waals surface area (Å²) in [6.45, 7) is 2.82. The lowest BCUT2D eigenvalue weighted by Crippen LogP contribution is -2.38. The van der Waals surface area contributed by atoms with Gasteiger partial charge in [-0.05, 0) is 39.9 Å². The Morgan fingerprint density at radius 2 is 2.19 bits per heavy atom. The molecule has 4 heteroatoms. The Labute approximate surface area is 98.5 Å². The zero-order valence-electron chi connectivity index (χ0n) is 10.4. The van der Waals surface area contributed by atoms with E-state index in [-0.39, 0.29) is 6.10 Å². The largest absolute Gasteiger partial charge is 0.392 e. The normalized spacial score (nSPS) is 26.2. The Kier molecular flexibility index (Phi) is 5.75. The lowest BCUT2D eigenvalue weighted by Gasteiger charge is -2.26. The number of nitriles is 1. The molecule has 1 fully saturated rings. The summed E-state index contributed by atoms with van der Waals surface area (Å²) >= 11 is 0. The Morgan fingerprint density at radius 3 is 2.81 bits per heavy atom. The highest BCUT2D eigenvalue weighted by Gasteiger charge is 2.30. The molecular formula is C12H23N3O. The van der Waals surface area contributed by atoms with Gasteiger partial charge < -0.3 is 10.0 Å². The number of hydrogen-bond donors (Lipinski definition) is 1. The van der Waals surface area contributed by atoms with Crippen molar-refractivity contribution >= 4 is 0 Å². The Bertz CT molecular complexity index is 237. The third-order valence-electron chi connectivity index (χ3n) is 3.07. The summed E-state index contributed by atoms with van der Waals surface area (Å²) in [5.41, 5.74) is 0. The predicted molar refractivity (Wildman–Crippen MR) is 64.0 cm³/mol. The van der Waals surface area contributed by atoms with E-state index in [9.17, 15) is 5.11 Å². The highest BCUT2D eigenvalue weighted by Crippen LogP contribution is 2.19. The van der Waals surface area contributed by atoms with Gasteiger partial charge in [0.1, 0.15) is 0 Å². The molecule has 0 amide bonds. The van der Waals surface area contributed by atoms with Crippen LogP contribution >= 0.6 is 0 Å². The summed E-state index contributed by atoms with van der Waals surface area (Å²) in [6, 6.07) is 2.65. The van der Waals surface area contributed by atoms with E-state index < -0.39 is 0 Å². The maximum atomic E-state index is 9.67. The molecular weight excluding hydrogens is 202 g/mol. The summed E-state index contributed by atoms with van der Waals surface area (Å²) in [4.78, 5) is 4.53. The van der Waals surface area contributed by atoms with Gasteiger partial charge in [-0.2, -0.15) is 5.26 Å². The van der Waals surface area contributed by atoms with Crippen LogP contribution in [0.1, 0.15) is 25.7 Å². The molecule has 1 saturated heterocycles. The third kappa shape index (κ3) is 4.48. The van der Waals surface area contributed by atoms with Gasteiger partial charge in [0.05, 0.1) is 12.2 Å². The Balaban J connectivity index is 2.29. The van der Waals surface area contributed by atoms with E-state index in [1.807, 2.05) is 0 Å². The van der Waals surface area contributed by atoms with E-state index in [0.29, 0.717) is 12.5 Å². The molecule has 0 aromatic heterocycles. The summed E-state index contributed by atoms with van der Waals surface area (Å²) < 4.78 is 0. The van der Waals surface area contributed by atoms with Crippen LogP contribution in [0.25, 0.3) is 0 Å². The molecule has 0 saturated carbocycles. The quantitative estimate of drug-likeness (QED) is 0.675. The summed E-state index contributed by atoms with van der Waals surface area (Å²) in [7, 11) is 4.14. The van der Waals surface area contributed by atoms with Crippen molar-refractivity contribution in [1.82, 2.24) is 9.80 Å². The molecule has 0 aromatic carbocycles. The second-order valence-electron chi connectivity index (χ2n) is 4.92. The van der Waals surface area contributed by atoms with Crippen LogP contribution < -0.4 is 0 Å². The zero-order valence-corrected chi connectivity index (χ0v) is 10.4. The molecule has 0 radical (unpaired) electrons. The van der Waals surface area contributed by atoms with E-state index in [1.54, 1.807) is 0 Å². The van der Waals surface area contributed by atoms with E-state index in [0.717, 1.165) is 38.9 Å². The Morgan fingerprint density at radius 1 is 1.44 bits per heavy atom. The van der Waals surface area contributed by atoms with Gasteiger partial charge in [0.25, 0.3) is 0 Å². The molecule has 1 aliphatic heterocycles. The van der Waals surface area contributed by atoms with Crippen molar-refractivity contribution in [3.05, 3.63) is 0 Å². The second-order valence-corrected chi connectivity index (χ2v) is 4.92. The standard InChI is InChI=1S/C12H23N3O/c1-14(2)9-11-8-12(16)10-15(11)7-5-3-4-6-13/h11-12,16H,3-5,7-10H2,1-2H3. The fourth-order valence-electron chi connectivity index (χ4n) is 2.36. The SMILES string of the molecule is CN(C)CC1CC(O)CN1CCCCC#N. The molecule has 1 heterocycles. The number of β-amino-alcohol motifs (C(OH)–C–C–N with tert-alkyl or cyclic N) is 1. The number of unbranched alkanes of at least 4 members (excludes halogenated alkanes) is 2. The van der Waals surface area contributed by atoms with Gasteiger partial charge in [0, 0.05) is 25.6 Å². The van der Waals surface area contributed by atoms with Crippen molar-refractivity contribution < 1.29 is 5.11 Å². The minimum atomic E-state index is -0.166. The van der Waals surface area contributed by atoms with E-state index in [2.05, 4.69) is 30.0 Å². The van der Waals surface area contributed by atoms with Crippen molar-refractivity contribution in [2.75, 3.05) is 33.7 Å². The van der Waals surface area contributed by atoms with Crippen LogP contribution in [0.15, 0.2) is 0 Å². The fourth-order valence-corrected chi connectivity index (χ4v) is 2.36. The average Bonchev–Trinajstić information content (AvgIpc) is 2.53. The van der Waals surface area contributed by atoms with Gasteiger partial charge >= 0.3 is 0 Å². The van der Waals surface area contributed by atoms with E-state index in [1.165, 1.54) is 0 Å². The van der Waals surface area contributed by atoms with Crippen LogP contribution in [0.4, 0.5) is 0 Å². The number of hydrogen-bond acceptors (Lipinski definition) is 4.